The SMILES string of the molecule is CNCc1cc(S(=O)(=O)NC(C)CCCC(C)C)cs1. The van der Waals surface area contributed by atoms with Crippen LogP contribution in [0.25, 0.3) is 0 Å². The van der Waals surface area contributed by atoms with Gasteiger partial charge in [-0.3, -0.25) is 0 Å². The van der Waals surface area contributed by atoms with Crippen molar-refractivity contribution in [3.05, 3.63) is 16.3 Å². The van der Waals surface area contributed by atoms with Gasteiger partial charge in [0.2, 0.25) is 10.0 Å². The van der Waals surface area contributed by atoms with Gasteiger partial charge in [-0.15, -0.1) is 11.3 Å². The molecule has 4 nitrogen and oxygen atoms in total. The lowest BCUT2D eigenvalue weighted by Crippen LogP contribution is -2.32. The van der Waals surface area contributed by atoms with Crippen molar-refractivity contribution < 1.29 is 8.42 Å². The lowest BCUT2D eigenvalue weighted by atomic mass is 10.0. The zero-order valence-corrected chi connectivity index (χ0v) is 14.4. The number of thiophene rings is 1. The molecule has 0 aliphatic carbocycles. The maximum atomic E-state index is 12.2. The molecule has 1 aromatic heterocycles. The molecule has 6 heteroatoms. The molecule has 0 aliphatic rings. The summed E-state index contributed by atoms with van der Waals surface area (Å²) in [7, 11) is -1.52. The molecular formula is C14H26N2O2S2. The molecule has 0 bridgehead atoms. The van der Waals surface area contributed by atoms with Crippen LogP contribution in [0, 0.1) is 5.92 Å². The first kappa shape index (κ1) is 17.6. The van der Waals surface area contributed by atoms with Crippen molar-refractivity contribution in [2.24, 2.45) is 5.92 Å². The second-order valence-electron chi connectivity index (χ2n) is 5.63. The highest BCUT2D eigenvalue weighted by atomic mass is 32.2. The molecule has 0 amide bonds. The van der Waals surface area contributed by atoms with Crippen molar-refractivity contribution in [1.82, 2.24) is 10.0 Å². The van der Waals surface area contributed by atoms with Crippen LogP contribution in [0.1, 0.15) is 44.9 Å². The van der Waals surface area contributed by atoms with Crippen molar-refractivity contribution in [3.8, 4) is 0 Å². The summed E-state index contributed by atoms with van der Waals surface area (Å²) < 4.78 is 27.2. The van der Waals surface area contributed by atoms with Gasteiger partial charge >= 0.3 is 0 Å². The van der Waals surface area contributed by atoms with Crippen molar-refractivity contribution in [3.63, 3.8) is 0 Å². The molecule has 0 radical (unpaired) electrons. The summed E-state index contributed by atoms with van der Waals surface area (Å²) in [4.78, 5) is 1.41. The number of hydrogen-bond donors (Lipinski definition) is 2. The molecule has 0 fully saturated rings. The Balaban J connectivity index is 2.55. The standard InChI is InChI=1S/C14H26N2O2S2/c1-11(2)6-5-7-12(3)16-20(17,18)14-8-13(9-15-4)19-10-14/h8,10-12,15-16H,5-7,9H2,1-4H3. The maximum absolute atomic E-state index is 12.2. The van der Waals surface area contributed by atoms with Crippen LogP contribution in [0.3, 0.4) is 0 Å². The van der Waals surface area contributed by atoms with Crippen LogP contribution in [0.4, 0.5) is 0 Å². The minimum absolute atomic E-state index is 0.0219. The summed E-state index contributed by atoms with van der Waals surface area (Å²) in [5.41, 5.74) is 0. The van der Waals surface area contributed by atoms with Gasteiger partial charge in [-0.05, 0) is 32.4 Å². The molecule has 1 heterocycles. The Morgan fingerprint density at radius 1 is 1.25 bits per heavy atom. The third kappa shape index (κ3) is 5.91. The molecule has 1 unspecified atom stereocenters. The van der Waals surface area contributed by atoms with Crippen LogP contribution in [0.5, 0.6) is 0 Å². The fourth-order valence-electron chi connectivity index (χ4n) is 1.99. The molecule has 2 N–H and O–H groups in total. The second kappa shape index (κ2) is 8.12. The Morgan fingerprint density at radius 2 is 1.95 bits per heavy atom. The van der Waals surface area contributed by atoms with Gasteiger partial charge in [0.1, 0.15) is 0 Å². The predicted molar refractivity (Wildman–Crippen MR) is 85.6 cm³/mol. The lowest BCUT2D eigenvalue weighted by Gasteiger charge is -2.14. The van der Waals surface area contributed by atoms with Crippen LogP contribution < -0.4 is 10.0 Å². The Labute approximate surface area is 127 Å². The Kier molecular flexibility index (Phi) is 7.15. The molecule has 0 spiro atoms. The molecule has 0 saturated heterocycles. The summed E-state index contributed by atoms with van der Waals surface area (Å²) in [5, 5.41) is 4.73. The van der Waals surface area contributed by atoms with Crippen LogP contribution in [0.15, 0.2) is 16.3 Å². The quantitative estimate of drug-likeness (QED) is 0.736. The second-order valence-corrected chi connectivity index (χ2v) is 8.34. The summed E-state index contributed by atoms with van der Waals surface area (Å²) in [6.07, 6.45) is 3.07. The molecule has 1 aromatic rings. The van der Waals surface area contributed by atoms with Crippen LogP contribution >= 0.6 is 11.3 Å². The van der Waals surface area contributed by atoms with Crippen molar-refractivity contribution in [1.29, 1.82) is 0 Å². The number of hydrogen-bond acceptors (Lipinski definition) is 4. The van der Waals surface area contributed by atoms with Gasteiger partial charge in [-0.1, -0.05) is 26.7 Å². The van der Waals surface area contributed by atoms with Gasteiger partial charge in [0.15, 0.2) is 0 Å². The van der Waals surface area contributed by atoms with E-state index in [1.807, 2.05) is 14.0 Å². The third-order valence-corrected chi connectivity index (χ3v) is 5.72. The largest absolute Gasteiger partial charge is 0.315 e. The lowest BCUT2D eigenvalue weighted by molar-refractivity contribution is 0.488. The molecule has 1 atom stereocenters. The molecule has 0 saturated carbocycles. The predicted octanol–water partition coefficient (Wildman–Crippen LogP) is 2.96. The average molecular weight is 319 g/mol. The van der Waals surface area contributed by atoms with E-state index in [1.54, 1.807) is 11.4 Å². The van der Waals surface area contributed by atoms with Gasteiger partial charge < -0.3 is 5.32 Å². The van der Waals surface area contributed by atoms with E-state index in [4.69, 9.17) is 0 Å². The molecule has 0 aromatic carbocycles. The van der Waals surface area contributed by atoms with Gasteiger partial charge in [0, 0.05) is 22.8 Å². The van der Waals surface area contributed by atoms with E-state index in [0.29, 0.717) is 17.4 Å². The third-order valence-electron chi connectivity index (χ3n) is 3.07. The first-order chi connectivity index (χ1) is 9.35. The number of nitrogens with one attached hydrogen (secondary N) is 2. The van der Waals surface area contributed by atoms with E-state index in [-0.39, 0.29) is 6.04 Å². The number of rotatable bonds is 9. The Hall–Kier alpha value is -0.430. The topological polar surface area (TPSA) is 58.2 Å². The zero-order valence-electron chi connectivity index (χ0n) is 12.8. The average Bonchev–Trinajstić information content (AvgIpc) is 2.77. The summed E-state index contributed by atoms with van der Waals surface area (Å²) in [6, 6.07) is 1.72. The van der Waals surface area contributed by atoms with Gasteiger partial charge in [-0.25, -0.2) is 13.1 Å². The Bertz CT molecular complexity index is 495. The van der Waals surface area contributed by atoms with E-state index in [0.717, 1.165) is 24.1 Å². The minimum Gasteiger partial charge on any atom is -0.315 e. The van der Waals surface area contributed by atoms with Gasteiger partial charge in [0.25, 0.3) is 0 Å². The fraction of sp³-hybridized carbons (Fsp3) is 0.714. The maximum Gasteiger partial charge on any atom is 0.241 e. The zero-order chi connectivity index (χ0) is 15.2. The highest BCUT2D eigenvalue weighted by Gasteiger charge is 2.18. The van der Waals surface area contributed by atoms with E-state index in [9.17, 15) is 8.42 Å². The number of sulfonamides is 1. The minimum atomic E-state index is -3.38. The normalized spacial score (nSPS) is 13.8. The highest BCUT2D eigenvalue weighted by molar-refractivity contribution is 7.89. The van der Waals surface area contributed by atoms with E-state index < -0.39 is 10.0 Å². The molecule has 1 rings (SSSR count). The van der Waals surface area contributed by atoms with Crippen LogP contribution in [-0.2, 0) is 16.6 Å². The molecule has 20 heavy (non-hydrogen) atoms. The van der Waals surface area contributed by atoms with Crippen molar-refractivity contribution >= 4 is 21.4 Å². The first-order valence-electron chi connectivity index (χ1n) is 7.09. The molecule has 0 aliphatic heterocycles. The van der Waals surface area contributed by atoms with Crippen molar-refractivity contribution in [2.75, 3.05) is 7.05 Å². The summed E-state index contributed by atoms with van der Waals surface area (Å²) in [5.74, 6) is 0.666. The summed E-state index contributed by atoms with van der Waals surface area (Å²) in [6.45, 7) is 7.00. The van der Waals surface area contributed by atoms with E-state index >= 15 is 0 Å². The van der Waals surface area contributed by atoms with Crippen LogP contribution in [-0.4, -0.2) is 21.5 Å². The highest BCUT2D eigenvalue weighted by Crippen LogP contribution is 2.20. The summed E-state index contributed by atoms with van der Waals surface area (Å²) >= 11 is 1.47. The fourth-order valence-corrected chi connectivity index (χ4v) is 4.56. The Morgan fingerprint density at radius 3 is 2.55 bits per heavy atom. The van der Waals surface area contributed by atoms with E-state index in [1.165, 1.54) is 11.3 Å². The molecule has 116 valence electrons. The van der Waals surface area contributed by atoms with Gasteiger partial charge in [0.05, 0.1) is 4.90 Å². The van der Waals surface area contributed by atoms with E-state index in [2.05, 4.69) is 23.9 Å². The van der Waals surface area contributed by atoms with Crippen LogP contribution in [0.2, 0.25) is 0 Å². The smallest absolute Gasteiger partial charge is 0.241 e. The molecular weight excluding hydrogens is 292 g/mol. The monoisotopic (exact) mass is 318 g/mol. The first-order valence-corrected chi connectivity index (χ1v) is 9.45. The van der Waals surface area contributed by atoms with Crippen molar-refractivity contribution in [2.45, 2.75) is 57.5 Å². The van der Waals surface area contributed by atoms with Gasteiger partial charge in [-0.2, -0.15) is 0 Å².